The van der Waals surface area contributed by atoms with E-state index in [0.717, 1.165) is 28.3 Å². The predicted octanol–water partition coefficient (Wildman–Crippen LogP) is 5.13. The van der Waals surface area contributed by atoms with Gasteiger partial charge in [0.1, 0.15) is 11.3 Å². The van der Waals surface area contributed by atoms with Gasteiger partial charge in [-0.25, -0.2) is 0 Å². The molecule has 3 aromatic rings. The topological polar surface area (TPSA) is 72.2 Å². The Morgan fingerprint density at radius 1 is 1.12 bits per heavy atom. The Morgan fingerprint density at radius 2 is 1.96 bits per heavy atom. The largest absolute Gasteiger partial charge is 0.456 e. The van der Waals surface area contributed by atoms with E-state index < -0.39 is 11.1 Å². The molecule has 2 aromatic heterocycles. The zero-order chi connectivity index (χ0) is 17.6. The third kappa shape index (κ3) is 3.04. The Balaban J connectivity index is 1.81. The van der Waals surface area contributed by atoms with Crippen molar-refractivity contribution in [2.24, 2.45) is 0 Å². The van der Waals surface area contributed by atoms with E-state index in [2.05, 4.69) is 10.3 Å². The summed E-state index contributed by atoms with van der Waals surface area (Å²) in [6, 6.07) is 7.02. The number of nitrogens with zero attached hydrogens (tertiary/aromatic N) is 1. The van der Waals surface area contributed by atoms with Crippen molar-refractivity contribution in [3.63, 3.8) is 0 Å². The normalized spacial score (nSPS) is 16.0. The Bertz CT molecular complexity index is 1070. The molecular formula is C17H8Cl2N2O3S. The van der Waals surface area contributed by atoms with Gasteiger partial charge in [-0.15, -0.1) is 0 Å². The maximum atomic E-state index is 11.7. The molecule has 2 amide bonds. The third-order valence-corrected chi connectivity index (χ3v) is 5.14. The lowest BCUT2D eigenvalue weighted by molar-refractivity contribution is -0.115. The first-order valence-corrected chi connectivity index (χ1v) is 8.66. The highest BCUT2D eigenvalue weighted by atomic mass is 35.5. The Labute approximate surface area is 156 Å². The van der Waals surface area contributed by atoms with Crippen LogP contribution in [0.25, 0.3) is 28.2 Å². The van der Waals surface area contributed by atoms with Gasteiger partial charge in [0, 0.05) is 29.4 Å². The van der Waals surface area contributed by atoms with Crippen molar-refractivity contribution in [3.8, 4) is 11.1 Å². The van der Waals surface area contributed by atoms with Crippen molar-refractivity contribution in [2.45, 2.75) is 0 Å². The molecule has 1 aliphatic rings. The van der Waals surface area contributed by atoms with Crippen molar-refractivity contribution in [1.29, 1.82) is 0 Å². The van der Waals surface area contributed by atoms with Gasteiger partial charge in [0.2, 0.25) is 0 Å². The van der Waals surface area contributed by atoms with Crippen molar-refractivity contribution in [2.75, 3.05) is 0 Å². The molecule has 1 fully saturated rings. The van der Waals surface area contributed by atoms with E-state index in [1.165, 1.54) is 6.08 Å². The van der Waals surface area contributed by atoms with Crippen LogP contribution in [0.5, 0.6) is 0 Å². The van der Waals surface area contributed by atoms with Gasteiger partial charge in [-0.2, -0.15) is 0 Å². The SMILES string of the molecule is O=C1NC(=O)/C(=C/c2cc3cncc(-c4ccc(Cl)c(Cl)c4)c3o2)S1. The van der Waals surface area contributed by atoms with Crippen LogP contribution in [-0.4, -0.2) is 16.1 Å². The van der Waals surface area contributed by atoms with E-state index in [4.69, 9.17) is 27.6 Å². The Kier molecular flexibility index (Phi) is 4.03. The number of aromatic nitrogens is 1. The van der Waals surface area contributed by atoms with E-state index in [-0.39, 0.29) is 4.91 Å². The van der Waals surface area contributed by atoms with Crippen LogP contribution in [0.3, 0.4) is 0 Å². The van der Waals surface area contributed by atoms with E-state index in [1.54, 1.807) is 30.6 Å². The van der Waals surface area contributed by atoms with E-state index in [1.807, 2.05) is 6.07 Å². The van der Waals surface area contributed by atoms with Crippen LogP contribution in [0.15, 0.2) is 46.0 Å². The maximum Gasteiger partial charge on any atom is 0.290 e. The lowest BCUT2D eigenvalue weighted by Crippen LogP contribution is -2.17. The number of hydrogen-bond donors (Lipinski definition) is 1. The standard InChI is InChI=1S/C17H8Cl2N2O3S/c18-12-2-1-8(4-13(12)19)11-7-20-6-9-3-10(24-15(9)11)5-14-16(22)21-17(23)25-14/h1-7H,(H,21,22,23)/b14-5-. The number of rotatable bonds is 2. The summed E-state index contributed by atoms with van der Waals surface area (Å²) in [5, 5.41) is 3.47. The van der Waals surface area contributed by atoms with Crippen LogP contribution in [0.2, 0.25) is 10.0 Å². The van der Waals surface area contributed by atoms with Gasteiger partial charge >= 0.3 is 0 Å². The van der Waals surface area contributed by atoms with Gasteiger partial charge in [-0.3, -0.25) is 19.9 Å². The summed E-state index contributed by atoms with van der Waals surface area (Å²) in [5.74, 6) is 0.0231. The van der Waals surface area contributed by atoms with Gasteiger partial charge in [0.25, 0.3) is 11.1 Å². The summed E-state index contributed by atoms with van der Waals surface area (Å²) < 4.78 is 5.87. The molecule has 0 radical (unpaired) electrons. The Hall–Kier alpha value is -2.28. The average Bonchev–Trinajstić information content (AvgIpc) is 3.12. The fourth-order valence-electron chi connectivity index (χ4n) is 2.47. The van der Waals surface area contributed by atoms with Crippen LogP contribution in [0.1, 0.15) is 5.76 Å². The molecule has 4 rings (SSSR count). The zero-order valence-electron chi connectivity index (χ0n) is 12.4. The van der Waals surface area contributed by atoms with E-state index in [9.17, 15) is 9.59 Å². The highest BCUT2D eigenvalue weighted by Gasteiger charge is 2.25. The second-order valence-corrected chi connectivity index (χ2v) is 7.06. The number of nitrogens with one attached hydrogen (secondary N) is 1. The molecular weight excluding hydrogens is 383 g/mol. The fraction of sp³-hybridized carbons (Fsp3) is 0. The quantitative estimate of drug-likeness (QED) is 0.614. The lowest BCUT2D eigenvalue weighted by Gasteiger charge is -2.03. The minimum atomic E-state index is -0.432. The molecule has 0 spiro atoms. The first-order valence-electron chi connectivity index (χ1n) is 7.09. The monoisotopic (exact) mass is 390 g/mol. The molecule has 0 saturated carbocycles. The molecule has 0 atom stereocenters. The van der Waals surface area contributed by atoms with Gasteiger partial charge in [0.05, 0.1) is 15.0 Å². The molecule has 8 heteroatoms. The number of benzene rings is 1. The van der Waals surface area contributed by atoms with Gasteiger partial charge < -0.3 is 4.42 Å². The van der Waals surface area contributed by atoms with E-state index in [0.29, 0.717) is 21.4 Å². The summed E-state index contributed by atoms with van der Waals surface area (Å²) >= 11 is 12.9. The number of pyridine rings is 1. The predicted molar refractivity (Wildman–Crippen MR) is 98.6 cm³/mol. The molecule has 1 N–H and O–H groups in total. The first-order chi connectivity index (χ1) is 12.0. The molecule has 3 heterocycles. The molecule has 1 aromatic carbocycles. The van der Waals surface area contributed by atoms with Crippen LogP contribution in [0, 0.1) is 0 Å². The highest BCUT2D eigenvalue weighted by molar-refractivity contribution is 8.18. The van der Waals surface area contributed by atoms with E-state index >= 15 is 0 Å². The maximum absolute atomic E-state index is 11.7. The number of fused-ring (bicyclic) bond motifs is 1. The molecule has 0 unspecified atom stereocenters. The summed E-state index contributed by atoms with van der Waals surface area (Å²) in [6.45, 7) is 0. The minimum absolute atomic E-state index is 0.285. The summed E-state index contributed by atoms with van der Waals surface area (Å²) in [4.78, 5) is 27.4. The van der Waals surface area contributed by atoms with Gasteiger partial charge in [-0.05, 0) is 35.5 Å². The zero-order valence-corrected chi connectivity index (χ0v) is 14.7. The molecule has 1 saturated heterocycles. The summed E-state index contributed by atoms with van der Waals surface area (Å²) in [5.41, 5.74) is 2.17. The number of furan rings is 1. The molecule has 124 valence electrons. The van der Waals surface area contributed by atoms with Crippen LogP contribution < -0.4 is 5.32 Å². The number of carbonyl (C=O) groups excluding carboxylic acids is 2. The number of halogens is 2. The fourth-order valence-corrected chi connectivity index (χ4v) is 3.43. The van der Waals surface area contributed by atoms with Gasteiger partial charge in [0.15, 0.2) is 0 Å². The highest BCUT2D eigenvalue weighted by Crippen LogP contribution is 2.35. The Morgan fingerprint density at radius 3 is 2.68 bits per heavy atom. The second kappa shape index (κ2) is 6.22. The number of amides is 2. The smallest absolute Gasteiger partial charge is 0.290 e. The molecule has 1 aliphatic heterocycles. The lowest BCUT2D eigenvalue weighted by atomic mass is 10.1. The van der Waals surface area contributed by atoms with Crippen molar-refractivity contribution in [1.82, 2.24) is 10.3 Å². The van der Waals surface area contributed by atoms with Crippen molar-refractivity contribution < 1.29 is 14.0 Å². The summed E-state index contributed by atoms with van der Waals surface area (Å²) in [7, 11) is 0. The average molecular weight is 391 g/mol. The van der Waals surface area contributed by atoms with Crippen molar-refractivity contribution in [3.05, 3.63) is 57.4 Å². The molecule has 5 nitrogen and oxygen atoms in total. The minimum Gasteiger partial charge on any atom is -0.456 e. The first kappa shape index (κ1) is 16.2. The molecule has 0 aliphatic carbocycles. The van der Waals surface area contributed by atoms with Crippen LogP contribution in [0.4, 0.5) is 4.79 Å². The van der Waals surface area contributed by atoms with Crippen LogP contribution >= 0.6 is 35.0 Å². The molecule has 0 bridgehead atoms. The number of thioether (sulfide) groups is 1. The number of hydrogen-bond acceptors (Lipinski definition) is 5. The number of carbonyl (C=O) groups is 2. The summed E-state index contributed by atoms with van der Waals surface area (Å²) in [6.07, 6.45) is 4.86. The van der Waals surface area contributed by atoms with Gasteiger partial charge in [-0.1, -0.05) is 29.3 Å². The third-order valence-electron chi connectivity index (χ3n) is 3.59. The van der Waals surface area contributed by atoms with Crippen molar-refractivity contribution >= 4 is 63.2 Å². The van der Waals surface area contributed by atoms with Crippen LogP contribution in [-0.2, 0) is 4.79 Å². The second-order valence-electron chi connectivity index (χ2n) is 5.24. The number of imide groups is 1. The molecule has 25 heavy (non-hydrogen) atoms.